The Bertz CT molecular complexity index is 411. The van der Waals surface area contributed by atoms with E-state index in [1.807, 2.05) is 13.0 Å². The SMILES string of the molecule is Cc1cc(O)c(CC2CCNCC2)c(C)c1Br. The number of rotatable bonds is 2. The summed E-state index contributed by atoms with van der Waals surface area (Å²) in [5.41, 5.74) is 3.42. The van der Waals surface area contributed by atoms with Crippen LogP contribution in [0.4, 0.5) is 0 Å². The lowest BCUT2D eigenvalue weighted by atomic mass is 9.88. The first-order valence-corrected chi connectivity index (χ1v) is 7.07. The fourth-order valence-electron chi connectivity index (χ4n) is 2.61. The van der Waals surface area contributed by atoms with E-state index in [1.54, 1.807) is 0 Å². The molecular formula is C14H20BrNO. The summed E-state index contributed by atoms with van der Waals surface area (Å²) in [7, 11) is 0. The second-order valence-corrected chi connectivity index (χ2v) is 5.82. The first-order chi connectivity index (χ1) is 8.09. The zero-order valence-electron chi connectivity index (χ0n) is 10.5. The Morgan fingerprint density at radius 2 is 2.00 bits per heavy atom. The minimum absolute atomic E-state index is 0.460. The summed E-state index contributed by atoms with van der Waals surface area (Å²) >= 11 is 3.61. The molecule has 1 heterocycles. The zero-order valence-corrected chi connectivity index (χ0v) is 12.1. The van der Waals surface area contributed by atoms with Crippen LogP contribution in [0.5, 0.6) is 5.75 Å². The summed E-state index contributed by atoms with van der Waals surface area (Å²) in [6, 6.07) is 1.87. The molecule has 1 aromatic rings. The molecule has 0 atom stereocenters. The molecule has 2 rings (SSSR count). The zero-order chi connectivity index (χ0) is 12.4. The Hall–Kier alpha value is -0.540. The summed E-state index contributed by atoms with van der Waals surface area (Å²) in [5.74, 6) is 1.16. The lowest BCUT2D eigenvalue weighted by Gasteiger charge is -2.24. The predicted molar refractivity (Wildman–Crippen MR) is 74.6 cm³/mol. The number of hydrogen-bond acceptors (Lipinski definition) is 2. The number of phenols is 1. The van der Waals surface area contributed by atoms with Gasteiger partial charge in [-0.25, -0.2) is 0 Å². The minimum atomic E-state index is 0.460. The van der Waals surface area contributed by atoms with Gasteiger partial charge in [-0.1, -0.05) is 15.9 Å². The second kappa shape index (κ2) is 5.40. The van der Waals surface area contributed by atoms with E-state index in [-0.39, 0.29) is 0 Å². The van der Waals surface area contributed by atoms with Gasteiger partial charge in [-0.05, 0) is 74.9 Å². The average molecular weight is 298 g/mol. The lowest BCUT2D eigenvalue weighted by Crippen LogP contribution is -2.28. The predicted octanol–water partition coefficient (Wildman–Crippen LogP) is 3.31. The molecule has 0 spiro atoms. The molecule has 94 valence electrons. The fourth-order valence-corrected chi connectivity index (χ4v) is 2.96. The summed E-state index contributed by atoms with van der Waals surface area (Å²) in [4.78, 5) is 0. The van der Waals surface area contributed by atoms with Crippen LogP contribution in [-0.2, 0) is 6.42 Å². The first kappa shape index (κ1) is 12.9. The van der Waals surface area contributed by atoms with Crippen molar-refractivity contribution in [3.8, 4) is 5.75 Å². The van der Waals surface area contributed by atoms with Gasteiger partial charge in [-0.2, -0.15) is 0 Å². The monoisotopic (exact) mass is 297 g/mol. The van der Waals surface area contributed by atoms with Crippen molar-refractivity contribution in [2.45, 2.75) is 33.1 Å². The van der Waals surface area contributed by atoms with Crippen molar-refractivity contribution in [3.05, 3.63) is 27.2 Å². The normalized spacial score (nSPS) is 17.4. The fraction of sp³-hybridized carbons (Fsp3) is 0.571. The number of hydrogen-bond donors (Lipinski definition) is 2. The van der Waals surface area contributed by atoms with Crippen LogP contribution in [-0.4, -0.2) is 18.2 Å². The van der Waals surface area contributed by atoms with Gasteiger partial charge in [0.15, 0.2) is 0 Å². The maximum Gasteiger partial charge on any atom is 0.119 e. The Morgan fingerprint density at radius 3 is 2.65 bits per heavy atom. The maximum atomic E-state index is 10.1. The summed E-state index contributed by atoms with van der Waals surface area (Å²) in [6.07, 6.45) is 3.42. The summed E-state index contributed by atoms with van der Waals surface area (Å²) < 4.78 is 1.14. The van der Waals surface area contributed by atoms with Crippen molar-refractivity contribution in [2.24, 2.45) is 5.92 Å². The highest BCUT2D eigenvalue weighted by Crippen LogP contribution is 2.33. The van der Waals surface area contributed by atoms with E-state index in [0.29, 0.717) is 11.7 Å². The van der Waals surface area contributed by atoms with Crippen LogP contribution in [0.15, 0.2) is 10.5 Å². The van der Waals surface area contributed by atoms with Crippen molar-refractivity contribution in [1.29, 1.82) is 0 Å². The van der Waals surface area contributed by atoms with Gasteiger partial charge < -0.3 is 10.4 Å². The van der Waals surface area contributed by atoms with Crippen LogP contribution >= 0.6 is 15.9 Å². The third-order valence-corrected chi connectivity index (χ3v) is 4.96. The van der Waals surface area contributed by atoms with Crippen LogP contribution in [0.2, 0.25) is 0 Å². The van der Waals surface area contributed by atoms with Crippen LogP contribution in [0.25, 0.3) is 0 Å². The topological polar surface area (TPSA) is 32.3 Å². The number of aryl methyl sites for hydroxylation is 1. The maximum absolute atomic E-state index is 10.1. The highest BCUT2D eigenvalue weighted by Gasteiger charge is 2.18. The van der Waals surface area contributed by atoms with Crippen molar-refractivity contribution in [1.82, 2.24) is 5.32 Å². The number of aromatic hydroxyl groups is 1. The molecule has 0 saturated carbocycles. The highest BCUT2D eigenvalue weighted by molar-refractivity contribution is 9.10. The van der Waals surface area contributed by atoms with E-state index in [1.165, 1.54) is 18.4 Å². The molecule has 0 unspecified atom stereocenters. The van der Waals surface area contributed by atoms with Gasteiger partial charge in [-0.3, -0.25) is 0 Å². The molecule has 0 aromatic heterocycles. The van der Waals surface area contributed by atoms with Crippen molar-refractivity contribution >= 4 is 15.9 Å². The van der Waals surface area contributed by atoms with E-state index in [9.17, 15) is 5.11 Å². The number of phenolic OH excluding ortho intramolecular Hbond substituents is 1. The van der Waals surface area contributed by atoms with Gasteiger partial charge in [0.25, 0.3) is 0 Å². The van der Waals surface area contributed by atoms with E-state index < -0.39 is 0 Å². The van der Waals surface area contributed by atoms with Crippen molar-refractivity contribution in [2.75, 3.05) is 13.1 Å². The van der Waals surface area contributed by atoms with E-state index in [4.69, 9.17) is 0 Å². The van der Waals surface area contributed by atoms with Gasteiger partial charge in [0, 0.05) is 4.47 Å². The molecule has 0 amide bonds. The van der Waals surface area contributed by atoms with Crippen LogP contribution in [0.1, 0.15) is 29.5 Å². The van der Waals surface area contributed by atoms with Crippen LogP contribution in [0.3, 0.4) is 0 Å². The Labute approximate surface area is 112 Å². The summed E-state index contributed by atoms with van der Waals surface area (Å²) in [5, 5.41) is 13.5. The molecule has 0 aliphatic carbocycles. The van der Waals surface area contributed by atoms with E-state index >= 15 is 0 Å². The van der Waals surface area contributed by atoms with Gasteiger partial charge in [0.2, 0.25) is 0 Å². The number of nitrogens with one attached hydrogen (secondary N) is 1. The van der Waals surface area contributed by atoms with Gasteiger partial charge >= 0.3 is 0 Å². The molecule has 3 heteroatoms. The highest BCUT2D eigenvalue weighted by atomic mass is 79.9. The van der Waals surface area contributed by atoms with Crippen molar-refractivity contribution < 1.29 is 5.11 Å². The number of benzene rings is 1. The van der Waals surface area contributed by atoms with Gasteiger partial charge in [-0.15, -0.1) is 0 Å². The molecule has 1 aliphatic rings. The van der Waals surface area contributed by atoms with E-state index in [2.05, 4.69) is 28.2 Å². The Kier molecular flexibility index (Phi) is 4.10. The Morgan fingerprint density at radius 1 is 1.35 bits per heavy atom. The average Bonchev–Trinajstić information content (AvgIpc) is 2.33. The molecule has 0 bridgehead atoms. The summed E-state index contributed by atoms with van der Waals surface area (Å²) in [6.45, 7) is 6.33. The molecule has 2 nitrogen and oxygen atoms in total. The second-order valence-electron chi connectivity index (χ2n) is 5.03. The molecule has 1 saturated heterocycles. The molecule has 17 heavy (non-hydrogen) atoms. The third kappa shape index (κ3) is 2.83. The minimum Gasteiger partial charge on any atom is -0.508 e. The standard InChI is InChI=1S/C14H20BrNO/c1-9-7-13(17)12(10(2)14(9)15)8-11-3-5-16-6-4-11/h7,11,16-17H,3-6,8H2,1-2H3. The quantitative estimate of drug-likeness (QED) is 0.878. The molecule has 1 aliphatic heterocycles. The largest absolute Gasteiger partial charge is 0.508 e. The molecular weight excluding hydrogens is 278 g/mol. The number of halogens is 1. The van der Waals surface area contributed by atoms with Gasteiger partial charge in [0.05, 0.1) is 0 Å². The molecule has 1 aromatic carbocycles. The molecule has 1 fully saturated rings. The first-order valence-electron chi connectivity index (χ1n) is 6.28. The number of piperidine rings is 1. The van der Waals surface area contributed by atoms with Crippen molar-refractivity contribution in [3.63, 3.8) is 0 Å². The Balaban J connectivity index is 2.22. The molecule has 2 N–H and O–H groups in total. The smallest absolute Gasteiger partial charge is 0.119 e. The lowest BCUT2D eigenvalue weighted by molar-refractivity contribution is 0.365. The van der Waals surface area contributed by atoms with E-state index in [0.717, 1.165) is 35.1 Å². The van der Waals surface area contributed by atoms with Gasteiger partial charge in [0.1, 0.15) is 5.75 Å². The molecule has 0 radical (unpaired) electrons. The van der Waals surface area contributed by atoms with Crippen LogP contribution in [0, 0.1) is 19.8 Å². The van der Waals surface area contributed by atoms with Crippen LogP contribution < -0.4 is 5.32 Å². The third-order valence-electron chi connectivity index (χ3n) is 3.74.